The molecule has 0 atom stereocenters. The van der Waals surface area contributed by atoms with Crippen molar-refractivity contribution < 1.29 is 18.7 Å². The number of nitriles is 1. The molecule has 2 heterocycles. The van der Waals surface area contributed by atoms with E-state index in [1.54, 1.807) is 41.0 Å². The second-order valence-electron chi connectivity index (χ2n) is 7.32. The highest BCUT2D eigenvalue weighted by Crippen LogP contribution is 2.31. The van der Waals surface area contributed by atoms with Crippen LogP contribution in [0.5, 0.6) is 11.5 Å². The lowest BCUT2D eigenvalue weighted by Crippen LogP contribution is -2.13. The molecule has 0 saturated heterocycles. The van der Waals surface area contributed by atoms with E-state index in [2.05, 4.69) is 21.4 Å². The molecular formula is C25H22FN5O3. The zero-order valence-electron chi connectivity index (χ0n) is 18.7. The monoisotopic (exact) mass is 459 g/mol. The summed E-state index contributed by atoms with van der Waals surface area (Å²) < 4.78 is 27.1. The molecular weight excluding hydrogens is 437 g/mol. The first-order valence-corrected chi connectivity index (χ1v) is 10.6. The van der Waals surface area contributed by atoms with Gasteiger partial charge in [0, 0.05) is 30.1 Å². The summed E-state index contributed by atoms with van der Waals surface area (Å²) in [7, 11) is 1.51. The van der Waals surface area contributed by atoms with Crippen LogP contribution in [-0.4, -0.2) is 41.1 Å². The average molecular weight is 459 g/mol. The highest BCUT2D eigenvalue weighted by atomic mass is 19.1. The second-order valence-corrected chi connectivity index (χ2v) is 7.32. The molecule has 8 nitrogen and oxygen atoms in total. The van der Waals surface area contributed by atoms with Crippen molar-refractivity contribution in [3.05, 3.63) is 65.9 Å². The average Bonchev–Trinajstić information content (AvgIpc) is 3.24. The van der Waals surface area contributed by atoms with Crippen molar-refractivity contribution in [1.82, 2.24) is 14.5 Å². The third-order valence-corrected chi connectivity index (χ3v) is 5.35. The maximum Gasteiger partial charge on any atom is 0.153 e. The first-order valence-electron chi connectivity index (χ1n) is 10.6. The summed E-state index contributed by atoms with van der Waals surface area (Å²) in [5.41, 5.74) is 2.55. The summed E-state index contributed by atoms with van der Waals surface area (Å²) >= 11 is 0. The van der Waals surface area contributed by atoms with Crippen LogP contribution in [0.3, 0.4) is 0 Å². The van der Waals surface area contributed by atoms with Gasteiger partial charge in [0.2, 0.25) is 0 Å². The van der Waals surface area contributed by atoms with Crippen LogP contribution >= 0.6 is 0 Å². The number of anilines is 1. The van der Waals surface area contributed by atoms with Crippen LogP contribution in [0.1, 0.15) is 23.0 Å². The Hall–Kier alpha value is -4.45. The van der Waals surface area contributed by atoms with Gasteiger partial charge in [0.05, 0.1) is 30.5 Å². The Morgan fingerprint density at radius 3 is 2.76 bits per heavy atom. The Labute approximate surface area is 195 Å². The molecule has 0 bridgehead atoms. The van der Waals surface area contributed by atoms with Crippen LogP contribution in [0.25, 0.3) is 22.2 Å². The van der Waals surface area contributed by atoms with Crippen LogP contribution in [0.4, 0.5) is 10.2 Å². The van der Waals surface area contributed by atoms with Crippen molar-refractivity contribution in [3.63, 3.8) is 0 Å². The molecule has 0 radical (unpaired) electrons. The Kier molecular flexibility index (Phi) is 6.69. The molecule has 0 spiro atoms. The number of hydrogen-bond donors (Lipinski definition) is 1. The van der Waals surface area contributed by atoms with Crippen LogP contribution in [-0.2, 0) is 6.54 Å². The lowest BCUT2D eigenvalue weighted by Gasteiger charge is -2.12. The fourth-order valence-electron chi connectivity index (χ4n) is 3.79. The van der Waals surface area contributed by atoms with Crippen LogP contribution in [0.15, 0.2) is 48.8 Å². The number of nitrogens with one attached hydrogen (secondary N) is 1. The van der Waals surface area contributed by atoms with Gasteiger partial charge in [-0.25, -0.2) is 14.4 Å². The van der Waals surface area contributed by atoms with E-state index < -0.39 is 5.82 Å². The topological polar surface area (TPSA) is 102 Å². The SMILES string of the molecule is CCOc1cc(-c2cc(NCCn3c(C#N)cc4c(OC)ccc(F)c43)ncn2)ccc1C=O. The molecule has 0 saturated carbocycles. The lowest BCUT2D eigenvalue weighted by atomic mass is 10.1. The van der Waals surface area contributed by atoms with Crippen molar-refractivity contribution in [1.29, 1.82) is 5.26 Å². The maximum absolute atomic E-state index is 14.6. The smallest absolute Gasteiger partial charge is 0.153 e. The Bertz CT molecular complexity index is 1390. The molecule has 1 N–H and O–H groups in total. The first-order chi connectivity index (χ1) is 16.6. The standard InChI is InChI=1S/C25H22FN5O3/c1-3-34-23-10-16(4-5-17(23)14-32)21-12-24(30-15-29-21)28-8-9-31-18(13-27)11-19-22(33-2)7-6-20(26)25(19)31/h4-7,10-12,14-15H,3,8-9H2,1-2H3,(H,28,29,30). The van der Waals surface area contributed by atoms with E-state index in [4.69, 9.17) is 9.47 Å². The summed E-state index contributed by atoms with van der Waals surface area (Å²) in [6.45, 7) is 3.01. The third-order valence-electron chi connectivity index (χ3n) is 5.35. The number of methoxy groups -OCH3 is 1. The van der Waals surface area contributed by atoms with E-state index in [0.717, 1.165) is 11.8 Å². The summed E-state index contributed by atoms with van der Waals surface area (Å²) in [5.74, 6) is 1.14. The van der Waals surface area contributed by atoms with E-state index in [0.29, 0.717) is 64.9 Å². The lowest BCUT2D eigenvalue weighted by molar-refractivity contribution is 0.112. The van der Waals surface area contributed by atoms with Crippen LogP contribution in [0.2, 0.25) is 0 Å². The van der Waals surface area contributed by atoms with E-state index in [-0.39, 0.29) is 0 Å². The van der Waals surface area contributed by atoms with Gasteiger partial charge in [-0.15, -0.1) is 0 Å². The number of benzene rings is 2. The molecule has 0 aliphatic carbocycles. The second kappa shape index (κ2) is 10.0. The molecule has 2 aromatic heterocycles. The minimum Gasteiger partial charge on any atom is -0.496 e. The summed E-state index contributed by atoms with van der Waals surface area (Å²) in [4.78, 5) is 19.8. The zero-order valence-corrected chi connectivity index (χ0v) is 18.7. The fourth-order valence-corrected chi connectivity index (χ4v) is 3.79. The maximum atomic E-state index is 14.6. The van der Waals surface area contributed by atoms with Gasteiger partial charge in [-0.2, -0.15) is 5.26 Å². The van der Waals surface area contributed by atoms with E-state index in [1.165, 1.54) is 19.5 Å². The van der Waals surface area contributed by atoms with Gasteiger partial charge in [0.25, 0.3) is 0 Å². The quantitative estimate of drug-likeness (QED) is 0.369. The molecule has 0 unspecified atom stereocenters. The first kappa shape index (κ1) is 22.7. The number of ether oxygens (including phenoxy) is 2. The van der Waals surface area contributed by atoms with Crippen LogP contribution < -0.4 is 14.8 Å². The third kappa shape index (κ3) is 4.38. The van der Waals surface area contributed by atoms with E-state index in [1.807, 2.05) is 6.92 Å². The van der Waals surface area contributed by atoms with Gasteiger partial charge in [-0.1, -0.05) is 6.07 Å². The van der Waals surface area contributed by atoms with Crippen molar-refractivity contribution in [2.24, 2.45) is 0 Å². The van der Waals surface area contributed by atoms with Gasteiger partial charge >= 0.3 is 0 Å². The molecule has 172 valence electrons. The molecule has 0 aliphatic rings. The van der Waals surface area contributed by atoms with Gasteiger partial charge in [0.15, 0.2) is 6.29 Å². The molecule has 2 aromatic carbocycles. The molecule has 34 heavy (non-hydrogen) atoms. The van der Waals surface area contributed by atoms with E-state index in [9.17, 15) is 14.4 Å². The minimum absolute atomic E-state index is 0.319. The predicted octanol–water partition coefficient (Wildman–Crippen LogP) is 4.44. The molecule has 4 aromatic rings. The Balaban J connectivity index is 1.55. The molecule has 9 heteroatoms. The number of aldehydes is 1. The molecule has 0 amide bonds. The van der Waals surface area contributed by atoms with E-state index >= 15 is 0 Å². The number of halogens is 1. The Morgan fingerprint density at radius 1 is 1.18 bits per heavy atom. The number of fused-ring (bicyclic) bond motifs is 1. The number of nitrogens with zero attached hydrogens (tertiary/aromatic N) is 4. The number of carbonyl (C=O) groups is 1. The number of hydrogen-bond acceptors (Lipinski definition) is 7. The van der Waals surface area contributed by atoms with Gasteiger partial charge < -0.3 is 19.4 Å². The van der Waals surface area contributed by atoms with Crippen LogP contribution in [0, 0.1) is 17.1 Å². The normalized spacial score (nSPS) is 10.6. The van der Waals surface area contributed by atoms with Gasteiger partial charge in [-0.05, 0) is 37.3 Å². The molecule has 0 aliphatic heterocycles. The van der Waals surface area contributed by atoms with Gasteiger partial charge in [0.1, 0.15) is 41.2 Å². The number of aromatic nitrogens is 3. The molecule has 0 fully saturated rings. The predicted molar refractivity (Wildman–Crippen MR) is 126 cm³/mol. The fraction of sp³-hybridized carbons (Fsp3) is 0.200. The summed E-state index contributed by atoms with van der Waals surface area (Å²) in [5, 5.41) is 13.3. The van der Waals surface area contributed by atoms with Crippen molar-refractivity contribution >= 4 is 23.0 Å². The number of carbonyl (C=O) groups excluding carboxylic acids is 1. The zero-order chi connectivity index (χ0) is 24.1. The largest absolute Gasteiger partial charge is 0.496 e. The summed E-state index contributed by atoms with van der Waals surface area (Å²) in [6, 6.07) is 13.6. The number of rotatable bonds is 9. The van der Waals surface area contributed by atoms with Crippen molar-refractivity contribution in [2.75, 3.05) is 25.6 Å². The minimum atomic E-state index is -0.425. The van der Waals surface area contributed by atoms with Crippen molar-refractivity contribution in [3.8, 4) is 28.8 Å². The highest BCUT2D eigenvalue weighted by molar-refractivity contribution is 5.89. The van der Waals surface area contributed by atoms with Crippen molar-refractivity contribution in [2.45, 2.75) is 13.5 Å². The highest BCUT2D eigenvalue weighted by Gasteiger charge is 2.16. The molecule has 4 rings (SSSR count). The van der Waals surface area contributed by atoms with Gasteiger partial charge in [-0.3, -0.25) is 4.79 Å². The Morgan fingerprint density at radius 2 is 2.03 bits per heavy atom. The summed E-state index contributed by atoms with van der Waals surface area (Å²) in [6.07, 6.45) is 2.18.